The molecule has 4 N–H and O–H groups in total. The molecule has 0 radical (unpaired) electrons. The largest absolute Gasteiger partial charge is 0.481 e. The Kier molecular flexibility index (Phi) is 16.2. The number of carbonyl (C=O) groups is 2. The molecule has 0 unspecified atom stereocenters. The Labute approximate surface area is 347 Å². The van der Waals surface area contributed by atoms with E-state index in [0.717, 1.165) is 19.3 Å². The third-order valence-electron chi connectivity index (χ3n) is 14.9. The molecule has 336 valence electrons. The topological polar surface area (TPSA) is 180 Å². The van der Waals surface area contributed by atoms with Gasteiger partial charge in [0, 0.05) is 44.1 Å². The number of carboxylic acids is 1. The zero-order chi connectivity index (χ0) is 42.6. The van der Waals surface area contributed by atoms with E-state index in [0.29, 0.717) is 44.9 Å². The van der Waals surface area contributed by atoms with Crippen LogP contribution in [0.25, 0.3) is 0 Å². The lowest BCUT2D eigenvalue weighted by molar-refractivity contribution is -0.336. The summed E-state index contributed by atoms with van der Waals surface area (Å²) in [6.07, 6.45) is 8.55. The minimum absolute atomic E-state index is 0.0186. The summed E-state index contributed by atoms with van der Waals surface area (Å²) in [5, 5.41) is 43.8. The van der Waals surface area contributed by atoms with Crippen molar-refractivity contribution in [2.24, 2.45) is 35.5 Å². The Morgan fingerprint density at radius 2 is 1.60 bits per heavy atom. The number of aliphatic hydroxyl groups excluding tert-OH is 2. The van der Waals surface area contributed by atoms with Gasteiger partial charge in [-0.2, -0.15) is 0 Å². The van der Waals surface area contributed by atoms with Gasteiger partial charge in [-0.05, 0) is 64.2 Å². The molecular formula is C45H78O13. The average molecular weight is 827 g/mol. The fourth-order valence-electron chi connectivity index (χ4n) is 11.1. The van der Waals surface area contributed by atoms with Crippen LogP contribution in [0.15, 0.2) is 0 Å². The molecule has 58 heavy (non-hydrogen) atoms. The second-order valence-electron chi connectivity index (χ2n) is 19.5. The molecule has 0 amide bonds. The summed E-state index contributed by atoms with van der Waals surface area (Å²) in [6, 6.07) is 0. The number of aliphatic hydroxyl groups is 3. The fourth-order valence-corrected chi connectivity index (χ4v) is 11.1. The van der Waals surface area contributed by atoms with Gasteiger partial charge in [0.2, 0.25) is 5.79 Å². The first-order valence-corrected chi connectivity index (χ1v) is 22.7. The van der Waals surface area contributed by atoms with Gasteiger partial charge in [0.05, 0.1) is 60.9 Å². The first kappa shape index (κ1) is 47.6. The first-order valence-electron chi connectivity index (χ1n) is 22.7. The molecule has 5 aliphatic rings. The number of methoxy groups -OCH3 is 1. The van der Waals surface area contributed by atoms with Crippen LogP contribution in [0.2, 0.25) is 0 Å². The van der Waals surface area contributed by atoms with Crippen LogP contribution in [-0.2, 0) is 42.7 Å². The van der Waals surface area contributed by atoms with E-state index in [1.54, 1.807) is 6.92 Å². The van der Waals surface area contributed by atoms with Crippen molar-refractivity contribution < 1.29 is 63.2 Å². The zero-order valence-corrected chi connectivity index (χ0v) is 37.0. The molecule has 0 aliphatic carbocycles. The second kappa shape index (κ2) is 19.7. The van der Waals surface area contributed by atoms with Crippen LogP contribution in [0, 0.1) is 35.5 Å². The number of carboxylic acid groups (broad SMARTS) is 1. The maximum absolute atomic E-state index is 12.7. The summed E-state index contributed by atoms with van der Waals surface area (Å²) in [7, 11) is 1.51. The normalized spacial score (nSPS) is 43.4. The molecule has 0 aromatic carbocycles. The van der Waals surface area contributed by atoms with Gasteiger partial charge in [-0.15, -0.1) is 0 Å². The van der Waals surface area contributed by atoms with Crippen LogP contribution < -0.4 is 0 Å². The molecule has 5 fully saturated rings. The predicted molar refractivity (Wildman–Crippen MR) is 216 cm³/mol. The van der Waals surface area contributed by atoms with E-state index < -0.39 is 65.2 Å². The van der Waals surface area contributed by atoms with Gasteiger partial charge in [-0.3, -0.25) is 9.59 Å². The number of ether oxygens (including phenoxy) is 7. The molecule has 0 bridgehead atoms. The number of unbranched alkanes of at least 4 members (excludes halogenated alkanes) is 6. The third-order valence-corrected chi connectivity index (χ3v) is 14.9. The Morgan fingerprint density at radius 1 is 0.914 bits per heavy atom. The van der Waals surface area contributed by atoms with Crippen molar-refractivity contribution in [3.8, 4) is 0 Å². The minimum atomic E-state index is -1.63. The molecule has 1 spiro atoms. The zero-order valence-electron chi connectivity index (χ0n) is 37.0. The fraction of sp³-hybridized carbons (Fsp3) is 0.956. The number of hydrogen-bond donors (Lipinski definition) is 4. The maximum Gasteiger partial charge on any atom is 0.308 e. The summed E-state index contributed by atoms with van der Waals surface area (Å²) in [4.78, 5) is 24.5. The van der Waals surface area contributed by atoms with Crippen LogP contribution in [0.5, 0.6) is 0 Å². The summed E-state index contributed by atoms with van der Waals surface area (Å²) in [5.41, 5.74) is -1.76. The predicted octanol–water partition coefficient (Wildman–Crippen LogP) is 6.55. The van der Waals surface area contributed by atoms with E-state index in [-0.39, 0.29) is 67.4 Å². The monoisotopic (exact) mass is 827 g/mol. The Morgan fingerprint density at radius 3 is 2.26 bits per heavy atom. The number of aliphatic carboxylic acids is 1. The van der Waals surface area contributed by atoms with Gasteiger partial charge in [0.25, 0.3) is 0 Å². The van der Waals surface area contributed by atoms with Crippen LogP contribution in [0.4, 0.5) is 0 Å². The molecule has 5 saturated heterocycles. The highest BCUT2D eigenvalue weighted by Gasteiger charge is 2.62. The van der Waals surface area contributed by atoms with E-state index >= 15 is 0 Å². The Bertz CT molecular complexity index is 1350. The standard InChI is InChI=1S/C45H78O13/c1-10-11-12-13-14-15-16-17-36(48)53-26-45(51)29(4)22-27(2)37(57-45)34-23-28(3)40(54-34)43(25-46)19-18-35(55-43)42(8)20-21-44(58-42)24-33(47)30(5)39(56-44)31(6)38(52-9)32(7)41(49)50/h27-35,37-40,46-47,51H,10-26H2,1-9H3,(H,49,50)/t27-,28-,29+,30+,31-,32-,33-,34+,35+,37-,38+,39-,40+,42-,43+,44+,45-/m0/s1. The number of esters is 1. The Hall–Kier alpha value is -1.42. The summed E-state index contributed by atoms with van der Waals surface area (Å²) < 4.78 is 45.1. The number of rotatable bonds is 19. The lowest BCUT2D eigenvalue weighted by Gasteiger charge is -2.48. The maximum atomic E-state index is 12.7. The molecule has 0 aromatic heterocycles. The van der Waals surface area contributed by atoms with E-state index in [1.165, 1.54) is 32.8 Å². The van der Waals surface area contributed by atoms with Crippen molar-refractivity contribution in [3.63, 3.8) is 0 Å². The van der Waals surface area contributed by atoms with E-state index in [1.807, 2.05) is 27.7 Å². The van der Waals surface area contributed by atoms with E-state index in [9.17, 15) is 30.0 Å². The molecule has 13 heteroatoms. The minimum Gasteiger partial charge on any atom is -0.481 e. The van der Waals surface area contributed by atoms with Crippen molar-refractivity contribution in [2.45, 2.75) is 217 Å². The van der Waals surface area contributed by atoms with Gasteiger partial charge in [-0.1, -0.05) is 80.1 Å². The van der Waals surface area contributed by atoms with Crippen LogP contribution in [0.3, 0.4) is 0 Å². The summed E-state index contributed by atoms with van der Waals surface area (Å²) >= 11 is 0. The average Bonchev–Trinajstić information content (AvgIpc) is 3.90. The van der Waals surface area contributed by atoms with Gasteiger partial charge >= 0.3 is 11.9 Å². The summed E-state index contributed by atoms with van der Waals surface area (Å²) in [5.74, 6) is -5.50. The van der Waals surface area contributed by atoms with Gasteiger partial charge in [0.15, 0.2) is 5.79 Å². The molecule has 5 heterocycles. The van der Waals surface area contributed by atoms with Crippen LogP contribution in [0.1, 0.15) is 152 Å². The highest BCUT2D eigenvalue weighted by molar-refractivity contribution is 5.70. The lowest BCUT2D eigenvalue weighted by atomic mass is 9.78. The molecule has 13 nitrogen and oxygen atoms in total. The van der Waals surface area contributed by atoms with E-state index in [4.69, 9.17) is 33.2 Å². The van der Waals surface area contributed by atoms with Crippen LogP contribution >= 0.6 is 0 Å². The van der Waals surface area contributed by atoms with Gasteiger partial charge < -0.3 is 53.6 Å². The smallest absolute Gasteiger partial charge is 0.308 e. The van der Waals surface area contributed by atoms with E-state index in [2.05, 4.69) is 20.8 Å². The van der Waals surface area contributed by atoms with Crippen LogP contribution in [-0.4, -0.2) is 118 Å². The highest BCUT2D eigenvalue weighted by Crippen LogP contribution is 2.54. The third kappa shape index (κ3) is 10.3. The van der Waals surface area contributed by atoms with Gasteiger partial charge in [0.1, 0.15) is 12.2 Å². The van der Waals surface area contributed by atoms with Gasteiger partial charge in [-0.25, -0.2) is 0 Å². The Balaban J connectivity index is 1.20. The SMILES string of the molecule is CCCCCCCCCC(=O)OC[C@]1(O)O[C@H]([C@H]2C[C@H](C)[C@H]([C@]3(CO)CC[C@H]([C@]4(C)CC[C@]5(C[C@H](O)[C@@H](C)[C@@H]([C@@H](C)[C@@H](OC)[C@H](C)C(=O)O)O5)O4)O3)O2)[C@@H](C)C[C@H]1C. The number of carbonyl (C=O) groups excluding carboxylic acids is 1. The first-order chi connectivity index (χ1) is 27.4. The molecule has 17 atom stereocenters. The summed E-state index contributed by atoms with van der Waals surface area (Å²) in [6.45, 7) is 15.3. The van der Waals surface area contributed by atoms with Crippen molar-refractivity contribution in [2.75, 3.05) is 20.3 Å². The lowest BCUT2D eigenvalue weighted by Crippen LogP contribution is -2.57. The quantitative estimate of drug-likeness (QED) is 0.0815. The second-order valence-corrected chi connectivity index (χ2v) is 19.5. The van der Waals surface area contributed by atoms with Crippen molar-refractivity contribution in [3.05, 3.63) is 0 Å². The molecular weight excluding hydrogens is 748 g/mol. The molecule has 5 aliphatic heterocycles. The van der Waals surface area contributed by atoms with Crippen molar-refractivity contribution in [1.29, 1.82) is 0 Å². The highest BCUT2D eigenvalue weighted by atomic mass is 16.7. The number of hydrogen-bond acceptors (Lipinski definition) is 12. The van der Waals surface area contributed by atoms with Crippen molar-refractivity contribution in [1.82, 2.24) is 0 Å². The van der Waals surface area contributed by atoms with Crippen molar-refractivity contribution >= 4 is 11.9 Å². The molecule has 0 saturated carbocycles. The molecule has 5 rings (SSSR count). The molecule has 0 aromatic rings.